The summed E-state index contributed by atoms with van der Waals surface area (Å²) in [7, 11) is 4.18. The average Bonchev–Trinajstić information content (AvgIpc) is 3.24. The summed E-state index contributed by atoms with van der Waals surface area (Å²) in [5, 5.41) is 3.68. The number of hydrogen-bond donors (Lipinski definition) is 0. The molecule has 0 unspecified atom stereocenters. The summed E-state index contributed by atoms with van der Waals surface area (Å²) in [5.74, 6) is 1.60. The third-order valence-electron chi connectivity index (χ3n) is 10.1. The quantitative estimate of drug-likeness (QED) is 0.0862. The van der Waals surface area contributed by atoms with Crippen molar-refractivity contribution in [1.82, 2.24) is 0 Å². The largest absolute Gasteiger partial charge is 0.490 e. The number of aromatic nitrogens is 2. The number of rotatable bonds is 13. The normalized spacial score (nSPS) is 11.1. The molecule has 0 spiro atoms. The van der Waals surface area contributed by atoms with Crippen LogP contribution in [0.1, 0.15) is 11.1 Å². The molecule has 0 N–H and O–H groups in total. The van der Waals surface area contributed by atoms with Crippen molar-refractivity contribution < 1.29 is 18.6 Å². The fourth-order valence-electron chi connectivity index (χ4n) is 7.12. The maximum Gasteiger partial charge on any atom is 0.216 e. The molecule has 0 aliphatic rings. The van der Waals surface area contributed by atoms with Gasteiger partial charge in [-0.3, -0.25) is 0 Å². The number of para-hydroxylation sites is 2. The van der Waals surface area contributed by atoms with Gasteiger partial charge in [0.05, 0.1) is 22.1 Å². The van der Waals surface area contributed by atoms with Crippen LogP contribution in [0, 0.1) is 0 Å². The zero-order valence-electron chi connectivity index (χ0n) is 31.4. The highest BCUT2D eigenvalue weighted by Gasteiger charge is 2.19. The summed E-state index contributed by atoms with van der Waals surface area (Å²) in [4.78, 5) is 4.41. The third-order valence-corrected chi connectivity index (χ3v) is 10.6. The summed E-state index contributed by atoms with van der Waals surface area (Å²) >= 11 is 13.0. The van der Waals surface area contributed by atoms with Gasteiger partial charge in [-0.2, -0.15) is 9.13 Å². The van der Waals surface area contributed by atoms with Crippen LogP contribution in [0.25, 0.3) is 21.8 Å². The molecule has 0 atom stereocenters. The van der Waals surface area contributed by atoms with Crippen LogP contribution < -0.4 is 28.4 Å². The maximum absolute atomic E-state index is 6.49. The topological polar surface area (TPSA) is 32.7 Å². The Hall–Kier alpha value is -6.08. The Labute approximate surface area is 337 Å². The molecule has 8 heteroatoms. The lowest BCUT2D eigenvalue weighted by atomic mass is 10.1. The van der Waals surface area contributed by atoms with Crippen molar-refractivity contribution in [2.45, 2.75) is 13.1 Å². The number of fused-ring (bicyclic) bond motifs is 2. The van der Waals surface area contributed by atoms with E-state index in [0.29, 0.717) is 36.3 Å². The zero-order chi connectivity index (χ0) is 38.4. The second-order valence-corrected chi connectivity index (χ2v) is 14.6. The van der Waals surface area contributed by atoms with Gasteiger partial charge < -0.3 is 19.3 Å². The molecular weight excluding hydrogens is 735 g/mol. The minimum absolute atomic E-state index is 0.432. The summed E-state index contributed by atoms with van der Waals surface area (Å²) in [6.45, 7) is 2.26. The third kappa shape index (κ3) is 8.27. The van der Waals surface area contributed by atoms with E-state index < -0.39 is 0 Å². The van der Waals surface area contributed by atoms with E-state index in [1.807, 2.05) is 60.7 Å². The van der Waals surface area contributed by atoms with Crippen molar-refractivity contribution >= 4 is 67.8 Å². The highest BCUT2D eigenvalue weighted by molar-refractivity contribution is 6.31. The molecule has 0 radical (unpaired) electrons. The number of pyridine rings is 2. The van der Waals surface area contributed by atoms with Gasteiger partial charge in [0.15, 0.2) is 25.5 Å². The number of nitrogens with zero attached hydrogens (tertiary/aromatic N) is 4. The van der Waals surface area contributed by atoms with Gasteiger partial charge in [-0.05, 0) is 97.1 Å². The molecule has 56 heavy (non-hydrogen) atoms. The first-order chi connectivity index (χ1) is 27.4. The molecule has 0 aliphatic heterocycles. The molecular formula is C48H42Cl2N4O2+2. The Bertz CT molecular complexity index is 2400. The van der Waals surface area contributed by atoms with E-state index in [0.717, 1.165) is 67.2 Å². The molecule has 2 heterocycles. The fourth-order valence-corrected chi connectivity index (χ4v) is 7.45. The summed E-state index contributed by atoms with van der Waals surface area (Å²) in [6.07, 6.45) is 4.25. The number of halogens is 2. The first-order valence-electron chi connectivity index (χ1n) is 18.6. The van der Waals surface area contributed by atoms with Crippen LogP contribution in [0.4, 0.5) is 22.7 Å². The second-order valence-electron chi connectivity index (χ2n) is 13.8. The van der Waals surface area contributed by atoms with Gasteiger partial charge in [0.2, 0.25) is 11.0 Å². The molecule has 2 aromatic heterocycles. The van der Waals surface area contributed by atoms with E-state index in [1.54, 1.807) is 0 Å². The van der Waals surface area contributed by atoms with E-state index in [-0.39, 0.29) is 0 Å². The first-order valence-corrected chi connectivity index (χ1v) is 19.4. The minimum Gasteiger partial charge on any atom is -0.490 e. The molecule has 0 fully saturated rings. The van der Waals surface area contributed by atoms with E-state index in [1.165, 1.54) is 0 Å². The molecule has 8 aromatic rings. The lowest BCUT2D eigenvalue weighted by Gasteiger charge is -2.20. The summed E-state index contributed by atoms with van der Waals surface area (Å²) in [5.41, 5.74) is 8.95. The highest BCUT2D eigenvalue weighted by atomic mass is 35.5. The summed E-state index contributed by atoms with van der Waals surface area (Å²) < 4.78 is 16.5. The fraction of sp³-hybridized carbons (Fsp3) is 0.125. The van der Waals surface area contributed by atoms with Gasteiger partial charge in [-0.15, -0.1) is 0 Å². The summed E-state index contributed by atoms with van der Waals surface area (Å²) in [6, 6.07) is 53.7. The highest BCUT2D eigenvalue weighted by Crippen LogP contribution is 2.32. The van der Waals surface area contributed by atoms with Crippen LogP contribution in [0.15, 0.2) is 170 Å². The van der Waals surface area contributed by atoms with Crippen LogP contribution in [-0.2, 0) is 13.1 Å². The smallest absolute Gasteiger partial charge is 0.216 e. The van der Waals surface area contributed by atoms with Crippen molar-refractivity contribution in [1.29, 1.82) is 0 Å². The van der Waals surface area contributed by atoms with Crippen LogP contribution in [-0.4, -0.2) is 27.3 Å². The molecule has 8 rings (SSSR count). The van der Waals surface area contributed by atoms with Crippen LogP contribution in [0.2, 0.25) is 10.0 Å². The van der Waals surface area contributed by atoms with E-state index in [9.17, 15) is 0 Å². The van der Waals surface area contributed by atoms with Crippen LogP contribution in [0.5, 0.6) is 11.5 Å². The molecule has 0 amide bonds. The Kier molecular flexibility index (Phi) is 11.0. The van der Waals surface area contributed by atoms with E-state index in [2.05, 4.69) is 142 Å². The van der Waals surface area contributed by atoms with Crippen LogP contribution in [0.3, 0.4) is 0 Å². The SMILES string of the molecule is CN(c1ccccc1)c1cc[n+](Cc2ccc(OCCOc3ccc(C[n+]4ccc(N(C)c5ccccc5)c5ccc(Cl)cc54)cc3)cc2)c2cc(Cl)ccc12. The van der Waals surface area contributed by atoms with Gasteiger partial charge in [0.25, 0.3) is 0 Å². The lowest BCUT2D eigenvalue weighted by molar-refractivity contribution is -0.662. The Morgan fingerprint density at radius 2 is 0.857 bits per heavy atom. The average molecular weight is 778 g/mol. The number of benzene rings is 6. The first kappa shape index (κ1) is 36.9. The Morgan fingerprint density at radius 3 is 1.25 bits per heavy atom. The van der Waals surface area contributed by atoms with Gasteiger partial charge in [0.1, 0.15) is 24.7 Å². The number of ether oxygens (including phenoxy) is 2. The number of hydrogen-bond acceptors (Lipinski definition) is 4. The van der Waals surface area contributed by atoms with Crippen molar-refractivity contribution in [2.75, 3.05) is 37.1 Å². The van der Waals surface area contributed by atoms with Gasteiger partial charge in [-0.25, -0.2) is 0 Å². The molecule has 6 nitrogen and oxygen atoms in total. The van der Waals surface area contributed by atoms with E-state index in [4.69, 9.17) is 32.7 Å². The Balaban J connectivity index is 0.864. The van der Waals surface area contributed by atoms with E-state index >= 15 is 0 Å². The maximum atomic E-state index is 6.49. The monoisotopic (exact) mass is 776 g/mol. The molecule has 0 aliphatic carbocycles. The molecule has 278 valence electrons. The molecule has 6 aromatic carbocycles. The lowest BCUT2D eigenvalue weighted by Crippen LogP contribution is -2.35. The van der Waals surface area contributed by atoms with Crippen molar-refractivity contribution in [2.24, 2.45) is 0 Å². The van der Waals surface area contributed by atoms with Crippen molar-refractivity contribution in [3.05, 3.63) is 191 Å². The molecule has 0 saturated carbocycles. The molecule has 0 bridgehead atoms. The number of anilines is 4. The van der Waals surface area contributed by atoms with Gasteiger partial charge in [-0.1, -0.05) is 59.6 Å². The van der Waals surface area contributed by atoms with Crippen LogP contribution >= 0.6 is 23.2 Å². The minimum atomic E-state index is 0.432. The standard InChI is InChI=1S/C48H42Cl2N4O2/c1-51(39-9-5-3-6-10-39)45-25-27-53(47-31-37(49)17-23-43(45)47)33-35-13-19-41(20-14-35)55-29-30-56-42-21-15-36(16-22-42)34-54-28-26-46(44-24-18-38(50)32-48(44)54)52(2)40-11-7-4-8-12-40/h3-28,31-32H,29-30,33-34H2,1-2H3/q+2. The second kappa shape index (κ2) is 16.7. The molecule has 0 saturated heterocycles. The van der Waals surface area contributed by atoms with Gasteiger partial charge in [0, 0.05) is 70.9 Å². The van der Waals surface area contributed by atoms with Crippen molar-refractivity contribution in [3.8, 4) is 11.5 Å². The predicted octanol–water partition coefficient (Wildman–Crippen LogP) is 11.0. The zero-order valence-corrected chi connectivity index (χ0v) is 32.9. The van der Waals surface area contributed by atoms with Gasteiger partial charge >= 0.3 is 0 Å². The predicted molar refractivity (Wildman–Crippen MR) is 229 cm³/mol. The van der Waals surface area contributed by atoms with Crippen molar-refractivity contribution in [3.63, 3.8) is 0 Å². The Morgan fingerprint density at radius 1 is 0.464 bits per heavy atom.